The number of hydrogen-bond donors (Lipinski definition) is 1. The second kappa shape index (κ2) is 11.3. The summed E-state index contributed by atoms with van der Waals surface area (Å²) in [6, 6.07) is 23.7. The van der Waals surface area contributed by atoms with Crippen LogP contribution in [0.4, 0.5) is 5.13 Å². The average molecular weight is 612 g/mol. The van der Waals surface area contributed by atoms with Crippen molar-refractivity contribution < 1.29 is 23.8 Å². The number of carbonyl (C=O) groups is 2. The summed E-state index contributed by atoms with van der Waals surface area (Å²) < 4.78 is 12.0. The molecule has 1 aliphatic heterocycles. The zero-order valence-corrected chi connectivity index (χ0v) is 25.7. The van der Waals surface area contributed by atoms with Gasteiger partial charge in [0.05, 0.1) is 18.7 Å². The van der Waals surface area contributed by atoms with E-state index in [4.69, 9.17) is 9.15 Å². The lowest BCUT2D eigenvalue weighted by Gasteiger charge is -2.25. The predicted molar refractivity (Wildman–Crippen MR) is 168 cm³/mol. The predicted octanol–water partition coefficient (Wildman–Crippen LogP) is 7.67. The highest BCUT2D eigenvalue weighted by molar-refractivity contribution is 8.00. The van der Waals surface area contributed by atoms with Gasteiger partial charge in [0.1, 0.15) is 0 Å². The molecule has 1 amide bonds. The van der Waals surface area contributed by atoms with Gasteiger partial charge in [-0.05, 0) is 34.2 Å². The lowest BCUT2D eigenvalue weighted by molar-refractivity contribution is -0.117. The van der Waals surface area contributed by atoms with Gasteiger partial charge < -0.3 is 14.3 Å². The Morgan fingerprint density at radius 3 is 2.49 bits per heavy atom. The Morgan fingerprint density at radius 1 is 1.05 bits per heavy atom. The molecule has 0 spiro atoms. The number of fused-ring (bicyclic) bond motifs is 1. The molecule has 3 heterocycles. The van der Waals surface area contributed by atoms with Gasteiger partial charge in [0.25, 0.3) is 5.91 Å². The SMILES string of the molecule is COc1cccc2cc(C(=O)C3=C(O)C(=O)N(c4nnc(SCc5ccccc5)s4)C3c3ccc(C(C)(C)C)cc3)oc12. The van der Waals surface area contributed by atoms with E-state index in [9.17, 15) is 14.7 Å². The third-order valence-corrected chi connectivity index (χ3v) is 9.43. The number of aliphatic hydroxyl groups is 1. The quantitative estimate of drug-likeness (QED) is 0.108. The maximum absolute atomic E-state index is 14.1. The lowest BCUT2D eigenvalue weighted by atomic mass is 9.85. The summed E-state index contributed by atoms with van der Waals surface area (Å²) in [6.07, 6.45) is 0. The minimum absolute atomic E-state index is 0.0108. The first-order chi connectivity index (χ1) is 20.7. The highest BCUT2D eigenvalue weighted by Crippen LogP contribution is 2.45. The van der Waals surface area contributed by atoms with Gasteiger partial charge in [0.15, 0.2) is 27.2 Å². The number of furan rings is 1. The van der Waals surface area contributed by atoms with E-state index in [2.05, 4.69) is 31.0 Å². The van der Waals surface area contributed by atoms with Crippen molar-refractivity contribution in [3.05, 3.63) is 113 Å². The molecule has 1 atom stereocenters. The number of ketones is 1. The fraction of sp³-hybridized carbons (Fsp3) is 0.212. The summed E-state index contributed by atoms with van der Waals surface area (Å²) in [7, 11) is 1.52. The summed E-state index contributed by atoms with van der Waals surface area (Å²) in [5, 5.41) is 20.8. The van der Waals surface area contributed by atoms with Crippen LogP contribution in [0.1, 0.15) is 54.1 Å². The van der Waals surface area contributed by atoms with E-state index < -0.39 is 23.5 Å². The minimum atomic E-state index is -0.941. The number of Topliss-reactive ketones (excluding diaryl/α,β-unsaturated/α-hetero) is 1. The van der Waals surface area contributed by atoms with Gasteiger partial charge in [-0.25, -0.2) is 0 Å². The third kappa shape index (κ3) is 5.44. The summed E-state index contributed by atoms with van der Waals surface area (Å²) in [5.41, 5.74) is 3.10. The van der Waals surface area contributed by atoms with Gasteiger partial charge in [-0.2, -0.15) is 0 Å². The summed E-state index contributed by atoms with van der Waals surface area (Å²) in [4.78, 5) is 29.1. The Kier molecular flexibility index (Phi) is 7.57. The topological polar surface area (TPSA) is 106 Å². The van der Waals surface area contributed by atoms with E-state index in [1.165, 1.54) is 35.1 Å². The Hall–Kier alpha value is -4.41. The molecule has 1 N–H and O–H groups in total. The third-order valence-electron chi connectivity index (χ3n) is 7.30. The monoisotopic (exact) mass is 611 g/mol. The van der Waals surface area contributed by atoms with Crippen molar-refractivity contribution in [1.82, 2.24) is 10.2 Å². The number of thioether (sulfide) groups is 1. The van der Waals surface area contributed by atoms with Crippen LogP contribution >= 0.6 is 23.1 Å². The van der Waals surface area contributed by atoms with E-state index in [0.29, 0.717) is 32.4 Å². The van der Waals surface area contributed by atoms with Crippen LogP contribution in [0, 0.1) is 0 Å². The van der Waals surface area contributed by atoms with Gasteiger partial charge in [-0.1, -0.05) is 111 Å². The minimum Gasteiger partial charge on any atom is -0.503 e. The number of benzene rings is 3. The molecule has 0 fully saturated rings. The van der Waals surface area contributed by atoms with Crippen molar-refractivity contribution >= 4 is 50.9 Å². The Morgan fingerprint density at radius 2 is 1.79 bits per heavy atom. The second-order valence-corrected chi connectivity index (χ2v) is 13.3. The molecule has 10 heteroatoms. The van der Waals surface area contributed by atoms with Crippen LogP contribution in [0.3, 0.4) is 0 Å². The molecule has 218 valence electrons. The molecule has 0 bridgehead atoms. The highest BCUT2D eigenvalue weighted by atomic mass is 32.2. The standard InChI is InChI=1S/C33H29N3O5S2/c1-33(2,3)22-15-13-20(14-16-22)26-25(27(37)24-17-21-11-8-12-23(40-4)29(21)41-24)28(38)30(39)36(26)31-34-35-32(43-31)42-18-19-9-6-5-7-10-19/h5-17,26,38H,18H2,1-4H3. The van der Waals surface area contributed by atoms with E-state index in [1.807, 2.05) is 54.6 Å². The number of amides is 1. The molecule has 0 aliphatic carbocycles. The first kappa shape index (κ1) is 28.7. The number of methoxy groups -OCH3 is 1. The fourth-order valence-corrected chi connectivity index (χ4v) is 6.86. The maximum Gasteiger partial charge on any atom is 0.296 e. The van der Waals surface area contributed by atoms with Crippen molar-refractivity contribution in [1.29, 1.82) is 0 Å². The number of para-hydroxylation sites is 1. The zero-order chi connectivity index (χ0) is 30.3. The van der Waals surface area contributed by atoms with Crippen LogP contribution in [0.25, 0.3) is 11.0 Å². The van der Waals surface area contributed by atoms with Crippen LogP contribution in [0.5, 0.6) is 5.75 Å². The molecular formula is C33H29N3O5S2. The molecule has 43 heavy (non-hydrogen) atoms. The van der Waals surface area contributed by atoms with Crippen LogP contribution in [-0.4, -0.2) is 34.1 Å². The van der Waals surface area contributed by atoms with E-state index in [1.54, 1.807) is 24.3 Å². The smallest absolute Gasteiger partial charge is 0.296 e. The zero-order valence-electron chi connectivity index (χ0n) is 24.0. The number of carbonyl (C=O) groups excluding carboxylic acids is 2. The molecule has 0 saturated heterocycles. The molecule has 0 radical (unpaired) electrons. The van der Waals surface area contributed by atoms with Crippen LogP contribution in [0.15, 0.2) is 99.0 Å². The first-order valence-electron chi connectivity index (χ1n) is 13.6. The average Bonchev–Trinajstić information content (AvgIpc) is 3.72. The molecule has 0 saturated carbocycles. The Labute approximate surface area is 257 Å². The maximum atomic E-state index is 14.1. The second-order valence-electron chi connectivity index (χ2n) is 11.2. The first-order valence-corrected chi connectivity index (χ1v) is 15.4. The Balaban J connectivity index is 1.40. The number of anilines is 1. The van der Waals surface area contributed by atoms with Gasteiger partial charge >= 0.3 is 0 Å². The number of ether oxygens (including phenoxy) is 1. The molecule has 2 aromatic heterocycles. The number of hydrogen-bond acceptors (Lipinski definition) is 9. The number of nitrogens with zero attached hydrogens (tertiary/aromatic N) is 3. The number of aliphatic hydroxyl groups excluding tert-OH is 1. The van der Waals surface area contributed by atoms with Crippen molar-refractivity contribution in [3.63, 3.8) is 0 Å². The highest BCUT2D eigenvalue weighted by Gasteiger charge is 2.47. The molecule has 8 nitrogen and oxygen atoms in total. The van der Waals surface area contributed by atoms with Gasteiger partial charge in [-0.15, -0.1) is 10.2 Å². The van der Waals surface area contributed by atoms with Gasteiger partial charge in [0, 0.05) is 11.1 Å². The van der Waals surface area contributed by atoms with Crippen molar-refractivity contribution in [3.8, 4) is 5.75 Å². The molecule has 6 rings (SSSR count). The van der Waals surface area contributed by atoms with Crippen molar-refractivity contribution in [2.75, 3.05) is 12.0 Å². The molecule has 1 unspecified atom stereocenters. The molecular weight excluding hydrogens is 583 g/mol. The number of rotatable bonds is 8. The van der Waals surface area contributed by atoms with Crippen molar-refractivity contribution in [2.45, 2.75) is 42.3 Å². The number of aromatic nitrogens is 2. The summed E-state index contributed by atoms with van der Waals surface area (Å²) >= 11 is 2.74. The van der Waals surface area contributed by atoms with Gasteiger partial charge in [-0.3, -0.25) is 14.5 Å². The normalized spacial score (nSPS) is 15.5. The van der Waals surface area contributed by atoms with Crippen LogP contribution in [-0.2, 0) is 16.0 Å². The van der Waals surface area contributed by atoms with Gasteiger partial charge in [0.2, 0.25) is 10.9 Å². The molecule has 3 aromatic carbocycles. The van der Waals surface area contributed by atoms with Crippen LogP contribution in [0.2, 0.25) is 0 Å². The van der Waals surface area contributed by atoms with Crippen LogP contribution < -0.4 is 9.64 Å². The summed E-state index contributed by atoms with van der Waals surface area (Å²) in [6.45, 7) is 6.33. The Bertz CT molecular complexity index is 1850. The largest absolute Gasteiger partial charge is 0.503 e. The summed E-state index contributed by atoms with van der Waals surface area (Å²) in [5.74, 6) is -0.816. The van der Waals surface area contributed by atoms with E-state index in [0.717, 1.165) is 11.1 Å². The fourth-order valence-electron chi connectivity index (χ4n) is 5.03. The lowest BCUT2D eigenvalue weighted by Crippen LogP contribution is -2.31. The molecule has 1 aliphatic rings. The van der Waals surface area contributed by atoms with Crippen molar-refractivity contribution in [2.24, 2.45) is 0 Å². The van der Waals surface area contributed by atoms with E-state index >= 15 is 0 Å². The van der Waals surface area contributed by atoms with E-state index in [-0.39, 0.29) is 21.9 Å². The molecule has 5 aromatic rings.